The van der Waals surface area contributed by atoms with Crippen molar-refractivity contribution in [3.8, 4) is 11.8 Å². The third kappa shape index (κ3) is 8.59. The van der Waals surface area contributed by atoms with Crippen LogP contribution >= 0.6 is 43.3 Å². The Morgan fingerprint density at radius 3 is 2.38 bits per heavy atom. The van der Waals surface area contributed by atoms with Gasteiger partial charge in [-0.1, -0.05) is 60.7 Å². The van der Waals surface area contributed by atoms with E-state index in [4.69, 9.17) is 37.0 Å². The first-order valence-corrected chi connectivity index (χ1v) is 13.4. The van der Waals surface area contributed by atoms with Crippen molar-refractivity contribution in [3.05, 3.63) is 39.0 Å². The van der Waals surface area contributed by atoms with Gasteiger partial charge in [0, 0.05) is 20.6 Å². The quantitative estimate of drug-likeness (QED) is 0.214. The number of rotatable bonds is 12. The second kappa shape index (κ2) is 14.6. The molecule has 6 nitrogen and oxygen atoms in total. The highest BCUT2D eigenvalue weighted by Gasteiger charge is 2.32. The summed E-state index contributed by atoms with van der Waals surface area (Å²) in [6.07, 6.45) is 0.146. The van der Waals surface area contributed by atoms with Gasteiger partial charge in [0.2, 0.25) is 0 Å². The summed E-state index contributed by atoms with van der Waals surface area (Å²) in [7, 11) is -1.03. The van der Waals surface area contributed by atoms with Crippen molar-refractivity contribution in [2.24, 2.45) is 5.92 Å². The lowest BCUT2D eigenvalue weighted by Crippen LogP contribution is -2.40. The van der Waals surface area contributed by atoms with E-state index in [-0.39, 0.29) is 25.3 Å². The molecule has 1 aromatic rings. The lowest BCUT2D eigenvalue weighted by Gasteiger charge is -2.25. The monoisotopic (exact) mass is 520 g/mol. The summed E-state index contributed by atoms with van der Waals surface area (Å²) in [6, 6.07) is 5.46. The molecule has 0 aromatic heterocycles. The molecule has 2 rings (SSSR count). The first kappa shape index (κ1) is 27.6. The molecule has 1 aliphatic heterocycles. The maximum absolute atomic E-state index is 9.93. The zero-order chi connectivity index (χ0) is 23.5. The Morgan fingerprint density at radius 2 is 1.81 bits per heavy atom. The smallest absolute Gasteiger partial charge is 0.198 e. The zero-order valence-corrected chi connectivity index (χ0v) is 22.1. The molecule has 0 bridgehead atoms. The van der Waals surface area contributed by atoms with Crippen LogP contribution in [0.3, 0.4) is 0 Å². The molecule has 10 heteroatoms. The third-order valence-electron chi connectivity index (χ3n) is 4.28. The summed E-state index contributed by atoms with van der Waals surface area (Å²) in [4.78, 5) is 2.99. The summed E-state index contributed by atoms with van der Waals surface area (Å²) in [5.41, 5.74) is 1.06. The molecule has 0 spiro atoms. The Balaban J connectivity index is 2.06. The number of thioether (sulfide) groups is 1. The van der Waals surface area contributed by atoms with Crippen LogP contribution in [0.15, 0.2) is 33.8 Å². The topological polar surface area (TPSA) is 63.2 Å². The third-order valence-corrected chi connectivity index (χ3v) is 7.32. The first-order chi connectivity index (χ1) is 15.4. The summed E-state index contributed by atoms with van der Waals surface area (Å²) in [6.45, 7) is 9.96. The Kier molecular flexibility index (Phi) is 12.5. The fourth-order valence-corrected chi connectivity index (χ4v) is 5.94. The Labute approximate surface area is 206 Å². The Morgan fingerprint density at radius 1 is 1.16 bits per heavy atom. The average molecular weight is 521 g/mol. The maximum atomic E-state index is 9.93. The predicted octanol–water partition coefficient (Wildman–Crippen LogP) is 5.50. The molecule has 1 aliphatic rings. The van der Waals surface area contributed by atoms with Crippen LogP contribution in [0.25, 0.3) is 0 Å². The van der Waals surface area contributed by atoms with Gasteiger partial charge in [-0.15, -0.1) is 0 Å². The molecule has 0 radical (unpaired) electrons. The standard InChI is InChI=1S/C22H31Cl2N2O4PS/c1-5-29-31(30-6-2)15-28-10-8-7-9-26-20(14-27)25-21(16(3)4)22(26)32-19-12-17(23)11-18(24)13-19/h11-13,16,20,25,27H,5-6,9-10,14-15H2,1-4H3. The molecule has 0 saturated carbocycles. The van der Waals surface area contributed by atoms with Crippen LogP contribution in [0.2, 0.25) is 10.0 Å². The largest absolute Gasteiger partial charge is 0.392 e. The highest BCUT2D eigenvalue weighted by molar-refractivity contribution is 8.03. The number of hydrogen-bond donors (Lipinski definition) is 2. The number of halogens is 2. The second-order valence-corrected chi connectivity index (χ2v) is 10.4. The van der Waals surface area contributed by atoms with Crippen molar-refractivity contribution in [2.75, 3.05) is 39.3 Å². The fraction of sp³-hybridized carbons (Fsp3) is 0.545. The Hall–Kier alpha value is -0.680. The van der Waals surface area contributed by atoms with Crippen LogP contribution in [0.4, 0.5) is 0 Å². The molecule has 0 amide bonds. The van der Waals surface area contributed by atoms with Crippen LogP contribution in [0.1, 0.15) is 27.7 Å². The van der Waals surface area contributed by atoms with Crippen molar-refractivity contribution in [2.45, 2.75) is 38.8 Å². The number of nitrogens with one attached hydrogen (secondary N) is 1. The molecule has 1 atom stereocenters. The van der Waals surface area contributed by atoms with Gasteiger partial charge < -0.3 is 29.1 Å². The molecule has 0 aliphatic carbocycles. The van der Waals surface area contributed by atoms with Gasteiger partial charge in [-0.05, 0) is 38.0 Å². The molecule has 2 N–H and O–H groups in total. The lowest BCUT2D eigenvalue weighted by molar-refractivity contribution is 0.169. The summed E-state index contributed by atoms with van der Waals surface area (Å²) in [5.74, 6) is 6.45. The molecule has 32 heavy (non-hydrogen) atoms. The van der Waals surface area contributed by atoms with Crippen LogP contribution in [-0.2, 0) is 13.8 Å². The van der Waals surface area contributed by atoms with Gasteiger partial charge in [-0.25, -0.2) is 0 Å². The number of allylic oxidation sites excluding steroid dienone is 1. The van der Waals surface area contributed by atoms with Gasteiger partial charge in [0.05, 0.1) is 31.4 Å². The van der Waals surface area contributed by atoms with Crippen molar-refractivity contribution in [1.82, 2.24) is 10.2 Å². The normalized spacial score (nSPS) is 16.0. The highest BCUT2D eigenvalue weighted by atomic mass is 35.5. The first-order valence-electron chi connectivity index (χ1n) is 10.5. The summed E-state index contributed by atoms with van der Waals surface area (Å²) in [5, 5.41) is 15.5. The predicted molar refractivity (Wildman–Crippen MR) is 134 cm³/mol. The van der Waals surface area contributed by atoms with Crippen molar-refractivity contribution < 1.29 is 18.9 Å². The number of ether oxygens (including phenoxy) is 1. The number of hydrogen-bond acceptors (Lipinski definition) is 7. The van der Waals surface area contributed by atoms with Crippen LogP contribution in [-0.4, -0.2) is 55.5 Å². The summed E-state index contributed by atoms with van der Waals surface area (Å²) < 4.78 is 16.6. The Bertz CT molecular complexity index is 806. The van der Waals surface area contributed by atoms with Gasteiger partial charge >= 0.3 is 0 Å². The minimum absolute atomic E-state index is 0.0399. The van der Waals surface area contributed by atoms with Gasteiger partial charge in [0.15, 0.2) is 8.38 Å². The van der Waals surface area contributed by atoms with E-state index in [1.807, 2.05) is 26.0 Å². The minimum atomic E-state index is -1.03. The minimum Gasteiger partial charge on any atom is -0.392 e. The van der Waals surface area contributed by atoms with Crippen LogP contribution < -0.4 is 5.32 Å². The van der Waals surface area contributed by atoms with Gasteiger partial charge in [-0.2, -0.15) is 0 Å². The van der Waals surface area contributed by atoms with Gasteiger partial charge in [0.1, 0.15) is 19.1 Å². The molecule has 1 unspecified atom stereocenters. The number of aliphatic hydroxyl groups excluding tert-OH is 1. The van der Waals surface area contributed by atoms with E-state index in [0.717, 1.165) is 15.6 Å². The molecule has 178 valence electrons. The van der Waals surface area contributed by atoms with E-state index >= 15 is 0 Å². The van der Waals surface area contributed by atoms with Gasteiger partial charge in [-0.3, -0.25) is 0 Å². The zero-order valence-electron chi connectivity index (χ0n) is 18.9. The van der Waals surface area contributed by atoms with Crippen LogP contribution in [0, 0.1) is 17.8 Å². The molecule has 1 heterocycles. The van der Waals surface area contributed by atoms with Gasteiger partial charge in [0.25, 0.3) is 0 Å². The molecule has 0 saturated heterocycles. The van der Waals surface area contributed by atoms with E-state index in [1.54, 1.807) is 17.8 Å². The molecular formula is C22H31Cl2N2O4PS. The number of nitrogens with zero attached hydrogens (tertiary/aromatic N) is 1. The fourth-order valence-electron chi connectivity index (χ4n) is 2.93. The van der Waals surface area contributed by atoms with Crippen molar-refractivity contribution in [1.29, 1.82) is 0 Å². The van der Waals surface area contributed by atoms with E-state index in [0.29, 0.717) is 36.2 Å². The van der Waals surface area contributed by atoms with E-state index in [1.165, 1.54) is 0 Å². The number of aliphatic hydroxyl groups is 1. The highest BCUT2D eigenvalue weighted by Crippen LogP contribution is 2.39. The number of benzene rings is 1. The molecular weight excluding hydrogens is 490 g/mol. The maximum Gasteiger partial charge on any atom is 0.198 e. The van der Waals surface area contributed by atoms with Crippen LogP contribution in [0.5, 0.6) is 0 Å². The second-order valence-electron chi connectivity index (χ2n) is 7.05. The van der Waals surface area contributed by atoms with E-state index in [9.17, 15) is 5.11 Å². The lowest BCUT2D eigenvalue weighted by atomic mass is 10.1. The summed E-state index contributed by atoms with van der Waals surface area (Å²) >= 11 is 13.9. The van der Waals surface area contributed by atoms with E-state index < -0.39 is 8.38 Å². The molecule has 1 aromatic carbocycles. The average Bonchev–Trinajstić information content (AvgIpc) is 3.07. The SMILES string of the molecule is CCOP(COCC#CCN1C(Sc2cc(Cl)cc(Cl)c2)=C(C(C)C)NC1CO)OCC. The van der Waals surface area contributed by atoms with Crippen molar-refractivity contribution >= 4 is 43.3 Å². The van der Waals surface area contributed by atoms with Crippen molar-refractivity contribution in [3.63, 3.8) is 0 Å². The molecule has 0 fully saturated rings. The van der Waals surface area contributed by atoms with E-state index in [2.05, 4.69) is 35.9 Å².